The number of aromatic nitrogens is 1. The van der Waals surface area contributed by atoms with E-state index in [9.17, 15) is 4.79 Å². The molecule has 2 atom stereocenters. The largest absolute Gasteiger partial charge is 0.396 e. The monoisotopic (exact) mass is 318 g/mol. The SMILES string of the molecule is CC(CO)C(C)NC(=O)c1cc(-c2ccccn2)ccc1Cl. The maximum atomic E-state index is 12.4. The third-order valence-electron chi connectivity index (χ3n) is 3.67. The molecule has 0 radical (unpaired) electrons. The van der Waals surface area contributed by atoms with E-state index in [1.165, 1.54) is 0 Å². The molecule has 2 aromatic rings. The molecule has 2 unspecified atom stereocenters. The average molecular weight is 319 g/mol. The highest BCUT2D eigenvalue weighted by atomic mass is 35.5. The van der Waals surface area contributed by atoms with Gasteiger partial charge in [0, 0.05) is 24.4 Å². The molecule has 22 heavy (non-hydrogen) atoms. The Morgan fingerprint density at radius 2 is 2.09 bits per heavy atom. The summed E-state index contributed by atoms with van der Waals surface area (Å²) < 4.78 is 0. The Hall–Kier alpha value is -1.91. The number of pyridine rings is 1. The number of hydrogen-bond donors (Lipinski definition) is 2. The molecule has 0 aliphatic carbocycles. The fourth-order valence-electron chi connectivity index (χ4n) is 1.98. The van der Waals surface area contributed by atoms with Gasteiger partial charge in [-0.05, 0) is 37.1 Å². The number of hydrogen-bond acceptors (Lipinski definition) is 3. The first-order valence-corrected chi connectivity index (χ1v) is 7.53. The van der Waals surface area contributed by atoms with E-state index >= 15 is 0 Å². The second-order valence-corrected chi connectivity index (χ2v) is 5.74. The zero-order valence-corrected chi connectivity index (χ0v) is 13.3. The molecular formula is C17H19ClN2O2. The van der Waals surface area contributed by atoms with Crippen LogP contribution in [0, 0.1) is 5.92 Å². The summed E-state index contributed by atoms with van der Waals surface area (Å²) in [5.41, 5.74) is 2.02. The highest BCUT2D eigenvalue weighted by Crippen LogP contribution is 2.24. The van der Waals surface area contributed by atoms with E-state index in [4.69, 9.17) is 16.7 Å². The summed E-state index contributed by atoms with van der Waals surface area (Å²) in [6.45, 7) is 3.75. The van der Waals surface area contributed by atoms with Crippen LogP contribution in [0.1, 0.15) is 24.2 Å². The summed E-state index contributed by atoms with van der Waals surface area (Å²) in [5, 5.41) is 12.4. The minimum Gasteiger partial charge on any atom is -0.396 e. The molecule has 1 aromatic heterocycles. The van der Waals surface area contributed by atoms with Crippen molar-refractivity contribution in [2.75, 3.05) is 6.61 Å². The van der Waals surface area contributed by atoms with Crippen LogP contribution in [0.3, 0.4) is 0 Å². The Bertz CT molecular complexity index is 646. The van der Waals surface area contributed by atoms with E-state index in [1.807, 2.05) is 38.1 Å². The second kappa shape index (κ2) is 7.38. The molecule has 0 spiro atoms. The van der Waals surface area contributed by atoms with Crippen molar-refractivity contribution in [3.63, 3.8) is 0 Å². The molecule has 0 bridgehead atoms. The van der Waals surface area contributed by atoms with E-state index in [2.05, 4.69) is 10.3 Å². The van der Waals surface area contributed by atoms with Crippen molar-refractivity contribution in [2.24, 2.45) is 5.92 Å². The molecule has 4 nitrogen and oxygen atoms in total. The van der Waals surface area contributed by atoms with Crippen LogP contribution in [0.2, 0.25) is 5.02 Å². The normalized spacial score (nSPS) is 13.5. The number of nitrogens with one attached hydrogen (secondary N) is 1. The lowest BCUT2D eigenvalue weighted by atomic mass is 10.0. The van der Waals surface area contributed by atoms with Crippen molar-refractivity contribution >= 4 is 17.5 Å². The molecule has 1 heterocycles. The average Bonchev–Trinajstić information content (AvgIpc) is 2.55. The number of halogens is 1. The zero-order chi connectivity index (χ0) is 16.1. The van der Waals surface area contributed by atoms with Crippen LogP contribution < -0.4 is 5.32 Å². The molecule has 2 N–H and O–H groups in total. The molecule has 1 aromatic carbocycles. The number of aliphatic hydroxyl groups is 1. The van der Waals surface area contributed by atoms with Gasteiger partial charge in [0.15, 0.2) is 0 Å². The standard InChI is InChI=1S/C17H19ClN2O2/c1-11(10-21)12(2)20-17(22)14-9-13(6-7-15(14)18)16-5-3-4-8-19-16/h3-9,11-12,21H,10H2,1-2H3,(H,20,22). The lowest BCUT2D eigenvalue weighted by Gasteiger charge is -2.19. The highest BCUT2D eigenvalue weighted by Gasteiger charge is 2.17. The zero-order valence-electron chi connectivity index (χ0n) is 12.6. The Morgan fingerprint density at radius 1 is 1.32 bits per heavy atom. The summed E-state index contributed by atoms with van der Waals surface area (Å²) in [5.74, 6) is -0.280. The van der Waals surface area contributed by atoms with E-state index in [1.54, 1.807) is 18.3 Å². The van der Waals surface area contributed by atoms with E-state index in [0.29, 0.717) is 10.6 Å². The summed E-state index contributed by atoms with van der Waals surface area (Å²) in [6.07, 6.45) is 1.70. The molecule has 0 aliphatic heterocycles. The predicted molar refractivity (Wildman–Crippen MR) is 87.9 cm³/mol. The summed E-state index contributed by atoms with van der Waals surface area (Å²) >= 11 is 6.14. The van der Waals surface area contributed by atoms with Gasteiger partial charge in [0.2, 0.25) is 0 Å². The van der Waals surface area contributed by atoms with Gasteiger partial charge in [0.25, 0.3) is 5.91 Å². The molecule has 116 valence electrons. The van der Waals surface area contributed by atoms with E-state index < -0.39 is 0 Å². The van der Waals surface area contributed by atoms with Crippen molar-refractivity contribution in [1.82, 2.24) is 10.3 Å². The molecule has 2 rings (SSSR count). The van der Waals surface area contributed by atoms with E-state index in [-0.39, 0.29) is 24.5 Å². The molecule has 5 heteroatoms. The number of carbonyl (C=O) groups is 1. The van der Waals surface area contributed by atoms with Gasteiger partial charge < -0.3 is 10.4 Å². The topological polar surface area (TPSA) is 62.2 Å². The molecule has 0 saturated heterocycles. The van der Waals surface area contributed by atoms with Crippen molar-refractivity contribution < 1.29 is 9.90 Å². The molecule has 1 amide bonds. The lowest BCUT2D eigenvalue weighted by Crippen LogP contribution is -2.38. The van der Waals surface area contributed by atoms with E-state index in [0.717, 1.165) is 11.3 Å². The first kappa shape index (κ1) is 16.5. The van der Waals surface area contributed by atoms with Gasteiger partial charge in [-0.15, -0.1) is 0 Å². The Morgan fingerprint density at radius 3 is 2.73 bits per heavy atom. The van der Waals surface area contributed by atoms with Crippen LogP contribution in [-0.4, -0.2) is 28.6 Å². The van der Waals surface area contributed by atoms with Gasteiger partial charge in [0.05, 0.1) is 16.3 Å². The lowest BCUT2D eigenvalue weighted by molar-refractivity contribution is 0.0916. The fourth-order valence-corrected chi connectivity index (χ4v) is 2.18. The minimum atomic E-state index is -0.254. The maximum absolute atomic E-state index is 12.4. The predicted octanol–water partition coefficient (Wildman–Crippen LogP) is 3.15. The first-order valence-electron chi connectivity index (χ1n) is 7.15. The van der Waals surface area contributed by atoms with Crippen molar-refractivity contribution in [3.05, 3.63) is 53.2 Å². The summed E-state index contributed by atoms with van der Waals surface area (Å²) in [7, 11) is 0. The van der Waals surface area contributed by atoms with Crippen LogP contribution in [0.4, 0.5) is 0 Å². The smallest absolute Gasteiger partial charge is 0.253 e. The van der Waals surface area contributed by atoms with Crippen LogP contribution in [0.15, 0.2) is 42.6 Å². The minimum absolute atomic E-state index is 0.0170. The second-order valence-electron chi connectivity index (χ2n) is 5.33. The van der Waals surface area contributed by atoms with Crippen LogP contribution >= 0.6 is 11.6 Å². The van der Waals surface area contributed by atoms with Gasteiger partial charge in [-0.25, -0.2) is 0 Å². The van der Waals surface area contributed by atoms with Gasteiger partial charge in [-0.3, -0.25) is 9.78 Å². The highest BCUT2D eigenvalue weighted by molar-refractivity contribution is 6.34. The number of nitrogens with zero attached hydrogens (tertiary/aromatic N) is 1. The number of aliphatic hydroxyl groups excluding tert-OH is 1. The fraction of sp³-hybridized carbons (Fsp3) is 0.294. The Labute approximate surface area is 135 Å². The van der Waals surface area contributed by atoms with Gasteiger partial charge in [-0.1, -0.05) is 30.7 Å². The van der Waals surface area contributed by atoms with Crippen molar-refractivity contribution in [3.8, 4) is 11.3 Å². The Kier molecular flexibility index (Phi) is 5.52. The Balaban J connectivity index is 2.25. The molecule has 0 aliphatic rings. The van der Waals surface area contributed by atoms with Crippen LogP contribution in [0.25, 0.3) is 11.3 Å². The van der Waals surface area contributed by atoms with Gasteiger partial charge >= 0.3 is 0 Å². The van der Waals surface area contributed by atoms with Crippen molar-refractivity contribution in [2.45, 2.75) is 19.9 Å². The third kappa shape index (κ3) is 3.84. The first-order chi connectivity index (χ1) is 10.5. The number of carbonyl (C=O) groups excluding carboxylic acids is 1. The summed E-state index contributed by atoms with van der Waals surface area (Å²) in [4.78, 5) is 16.7. The molecule has 0 saturated carbocycles. The molecule has 0 fully saturated rings. The van der Waals surface area contributed by atoms with Crippen LogP contribution in [-0.2, 0) is 0 Å². The number of rotatable bonds is 5. The quantitative estimate of drug-likeness (QED) is 0.890. The van der Waals surface area contributed by atoms with Gasteiger partial charge in [0.1, 0.15) is 0 Å². The number of amides is 1. The van der Waals surface area contributed by atoms with Crippen LogP contribution in [0.5, 0.6) is 0 Å². The third-order valence-corrected chi connectivity index (χ3v) is 4.00. The maximum Gasteiger partial charge on any atom is 0.253 e. The van der Waals surface area contributed by atoms with Crippen molar-refractivity contribution in [1.29, 1.82) is 0 Å². The van der Waals surface area contributed by atoms with Gasteiger partial charge in [-0.2, -0.15) is 0 Å². The molecular weight excluding hydrogens is 300 g/mol. The number of benzene rings is 1. The summed E-state index contributed by atoms with van der Waals surface area (Å²) in [6, 6.07) is 10.7.